The lowest BCUT2D eigenvalue weighted by Crippen LogP contribution is -2.06. The Morgan fingerprint density at radius 3 is 2.60 bits per heavy atom. The number of rotatable bonds is 2. The molecule has 0 spiro atoms. The second kappa shape index (κ2) is 4.39. The summed E-state index contributed by atoms with van der Waals surface area (Å²) in [5, 5.41) is 10.7. The Kier molecular flexibility index (Phi) is 3.41. The van der Waals surface area contributed by atoms with Gasteiger partial charge in [-0.1, -0.05) is 15.9 Å². The van der Waals surface area contributed by atoms with Gasteiger partial charge in [0.15, 0.2) is 0 Å². The number of methoxy groups -OCH3 is 1. The average Bonchev–Trinajstić information content (AvgIpc) is 2.20. The van der Waals surface area contributed by atoms with Gasteiger partial charge in [0.1, 0.15) is 5.56 Å². The number of carbonyl (C=O) groups is 1. The molecule has 15 heavy (non-hydrogen) atoms. The number of carbonyl (C=O) groups excluding carboxylic acids is 1. The van der Waals surface area contributed by atoms with E-state index < -0.39 is 10.9 Å². The van der Waals surface area contributed by atoms with Crippen molar-refractivity contribution in [1.82, 2.24) is 0 Å². The second-order valence-corrected chi connectivity index (χ2v) is 3.72. The van der Waals surface area contributed by atoms with E-state index in [2.05, 4.69) is 20.7 Å². The highest BCUT2D eigenvalue weighted by Gasteiger charge is 2.22. The van der Waals surface area contributed by atoms with Crippen LogP contribution >= 0.6 is 15.9 Å². The molecule has 0 unspecified atom stereocenters. The summed E-state index contributed by atoms with van der Waals surface area (Å²) >= 11 is 3.16. The summed E-state index contributed by atoms with van der Waals surface area (Å²) in [6, 6.07) is 2.72. The fourth-order valence-electron chi connectivity index (χ4n) is 1.10. The van der Waals surface area contributed by atoms with Crippen molar-refractivity contribution in [3.05, 3.63) is 37.8 Å². The minimum absolute atomic E-state index is 0.0387. The van der Waals surface area contributed by atoms with Gasteiger partial charge in [-0.2, -0.15) is 0 Å². The lowest BCUT2D eigenvalue weighted by Gasteiger charge is -2.04. The molecule has 0 atom stereocenters. The fourth-order valence-corrected chi connectivity index (χ4v) is 1.43. The number of nitro benzene ring substituents is 1. The molecule has 0 saturated carbocycles. The van der Waals surface area contributed by atoms with Crippen molar-refractivity contribution in [3.63, 3.8) is 0 Å². The molecule has 0 aliphatic rings. The average molecular weight is 274 g/mol. The molecule has 0 N–H and O–H groups in total. The zero-order valence-corrected chi connectivity index (χ0v) is 9.70. The molecule has 6 heteroatoms. The Morgan fingerprint density at radius 2 is 2.13 bits per heavy atom. The van der Waals surface area contributed by atoms with Crippen molar-refractivity contribution in [3.8, 4) is 0 Å². The van der Waals surface area contributed by atoms with Crippen LogP contribution in [-0.2, 0) is 4.74 Å². The normalized spacial score (nSPS) is 9.80. The molecule has 0 bridgehead atoms. The van der Waals surface area contributed by atoms with E-state index in [1.807, 2.05) is 0 Å². The number of nitrogens with zero attached hydrogens (tertiary/aromatic N) is 1. The number of hydrogen-bond donors (Lipinski definition) is 0. The minimum Gasteiger partial charge on any atom is -0.465 e. The summed E-state index contributed by atoms with van der Waals surface area (Å²) in [6.45, 7) is 1.74. The highest BCUT2D eigenvalue weighted by molar-refractivity contribution is 9.10. The fraction of sp³-hybridized carbons (Fsp3) is 0.222. The Hall–Kier alpha value is -1.43. The molecule has 0 fully saturated rings. The van der Waals surface area contributed by atoms with Crippen LogP contribution in [0.2, 0.25) is 0 Å². The van der Waals surface area contributed by atoms with Crippen molar-refractivity contribution in [2.75, 3.05) is 7.11 Å². The maximum atomic E-state index is 11.3. The third-order valence-electron chi connectivity index (χ3n) is 1.88. The first kappa shape index (κ1) is 11.6. The Balaban J connectivity index is 3.41. The van der Waals surface area contributed by atoms with Gasteiger partial charge in [0.25, 0.3) is 5.69 Å². The Labute approximate surface area is 94.3 Å². The highest BCUT2D eigenvalue weighted by atomic mass is 79.9. The van der Waals surface area contributed by atoms with E-state index in [4.69, 9.17) is 0 Å². The zero-order valence-electron chi connectivity index (χ0n) is 8.11. The van der Waals surface area contributed by atoms with Crippen LogP contribution in [-0.4, -0.2) is 18.0 Å². The third-order valence-corrected chi connectivity index (χ3v) is 2.73. The molecule has 5 nitrogen and oxygen atoms in total. The van der Waals surface area contributed by atoms with E-state index >= 15 is 0 Å². The van der Waals surface area contributed by atoms with Gasteiger partial charge >= 0.3 is 5.97 Å². The third kappa shape index (κ3) is 2.33. The van der Waals surface area contributed by atoms with Gasteiger partial charge in [0, 0.05) is 10.5 Å². The van der Waals surface area contributed by atoms with Gasteiger partial charge in [0.2, 0.25) is 0 Å². The molecule has 0 aliphatic carbocycles. The first-order chi connectivity index (χ1) is 6.97. The first-order valence-corrected chi connectivity index (χ1v) is 4.79. The van der Waals surface area contributed by atoms with Gasteiger partial charge < -0.3 is 4.74 Å². The molecule has 80 valence electrons. The van der Waals surface area contributed by atoms with Crippen LogP contribution < -0.4 is 0 Å². The molecular formula is C9H8BrNO4. The molecule has 1 aromatic rings. The summed E-state index contributed by atoms with van der Waals surface area (Å²) in [5.74, 6) is -0.711. The van der Waals surface area contributed by atoms with Crippen LogP contribution in [0.1, 0.15) is 15.9 Å². The predicted octanol–water partition coefficient (Wildman–Crippen LogP) is 2.45. The SMILES string of the molecule is COC(=O)c1cc(C)c(Br)cc1[N+](=O)[O-]. The largest absolute Gasteiger partial charge is 0.465 e. The second-order valence-electron chi connectivity index (χ2n) is 2.87. The lowest BCUT2D eigenvalue weighted by atomic mass is 10.1. The zero-order chi connectivity index (χ0) is 11.6. The van der Waals surface area contributed by atoms with Crippen LogP contribution in [0.4, 0.5) is 5.69 Å². The highest BCUT2D eigenvalue weighted by Crippen LogP contribution is 2.27. The number of halogens is 1. The topological polar surface area (TPSA) is 69.4 Å². The Bertz CT molecular complexity index is 430. The standard InChI is InChI=1S/C9H8BrNO4/c1-5-3-6(9(12)15-2)8(11(13)14)4-7(5)10/h3-4H,1-2H3. The monoisotopic (exact) mass is 273 g/mol. The maximum absolute atomic E-state index is 11.3. The molecule has 0 aromatic heterocycles. The minimum atomic E-state index is -0.711. The van der Waals surface area contributed by atoms with E-state index in [9.17, 15) is 14.9 Å². The lowest BCUT2D eigenvalue weighted by molar-refractivity contribution is -0.385. The summed E-state index contributed by atoms with van der Waals surface area (Å²) in [7, 11) is 1.18. The molecule has 0 radical (unpaired) electrons. The summed E-state index contributed by atoms with van der Waals surface area (Å²) in [5.41, 5.74) is 0.434. The van der Waals surface area contributed by atoms with Crippen molar-refractivity contribution < 1.29 is 14.5 Å². The van der Waals surface area contributed by atoms with Crippen molar-refractivity contribution in [1.29, 1.82) is 0 Å². The van der Waals surface area contributed by atoms with Crippen molar-refractivity contribution >= 4 is 27.6 Å². The van der Waals surface area contributed by atoms with E-state index in [-0.39, 0.29) is 11.3 Å². The number of benzene rings is 1. The summed E-state index contributed by atoms with van der Waals surface area (Å²) < 4.78 is 5.05. The van der Waals surface area contributed by atoms with Gasteiger partial charge in [0.05, 0.1) is 12.0 Å². The van der Waals surface area contributed by atoms with Crippen LogP contribution in [0.15, 0.2) is 16.6 Å². The van der Waals surface area contributed by atoms with Crippen molar-refractivity contribution in [2.24, 2.45) is 0 Å². The molecular weight excluding hydrogens is 266 g/mol. The molecule has 1 rings (SSSR count). The number of esters is 1. The van der Waals surface area contributed by atoms with Gasteiger partial charge in [-0.25, -0.2) is 4.79 Å². The summed E-state index contributed by atoms with van der Waals surface area (Å²) in [6.07, 6.45) is 0. The molecule has 0 aliphatic heterocycles. The molecule has 0 saturated heterocycles. The van der Waals surface area contributed by atoms with E-state index in [1.165, 1.54) is 19.2 Å². The smallest absolute Gasteiger partial charge is 0.344 e. The van der Waals surface area contributed by atoms with Crippen molar-refractivity contribution in [2.45, 2.75) is 6.92 Å². The first-order valence-electron chi connectivity index (χ1n) is 4.00. The van der Waals surface area contributed by atoms with Gasteiger partial charge in [-0.3, -0.25) is 10.1 Å². The summed E-state index contributed by atoms with van der Waals surface area (Å²) in [4.78, 5) is 21.3. The quantitative estimate of drug-likeness (QED) is 0.472. The molecule has 1 aromatic carbocycles. The van der Waals surface area contributed by atoms with Crippen LogP contribution in [0.3, 0.4) is 0 Å². The van der Waals surface area contributed by atoms with Crippen LogP contribution in [0.5, 0.6) is 0 Å². The van der Waals surface area contributed by atoms with Gasteiger partial charge in [-0.15, -0.1) is 0 Å². The molecule has 0 amide bonds. The van der Waals surface area contributed by atoms with Crippen LogP contribution in [0, 0.1) is 17.0 Å². The number of aryl methyl sites for hydroxylation is 1. The van der Waals surface area contributed by atoms with E-state index in [0.29, 0.717) is 4.47 Å². The molecule has 0 heterocycles. The number of ether oxygens (including phenoxy) is 1. The number of hydrogen-bond acceptors (Lipinski definition) is 4. The van der Waals surface area contributed by atoms with Crippen LogP contribution in [0.25, 0.3) is 0 Å². The Morgan fingerprint density at radius 1 is 1.53 bits per heavy atom. The van der Waals surface area contributed by atoms with E-state index in [0.717, 1.165) is 5.56 Å². The maximum Gasteiger partial charge on any atom is 0.344 e. The van der Waals surface area contributed by atoms with Gasteiger partial charge in [-0.05, 0) is 18.6 Å². The van der Waals surface area contributed by atoms with E-state index in [1.54, 1.807) is 6.92 Å². The number of nitro groups is 1. The predicted molar refractivity (Wildman–Crippen MR) is 56.9 cm³/mol.